The number of amides is 1. The molecule has 6 nitrogen and oxygen atoms in total. The largest absolute Gasteiger partial charge is 0.318 e. The lowest BCUT2D eigenvalue weighted by Gasteiger charge is -2.06. The van der Waals surface area contributed by atoms with E-state index in [1.807, 2.05) is 29.1 Å². The molecule has 1 N–H and O–H groups in total. The summed E-state index contributed by atoms with van der Waals surface area (Å²) >= 11 is 1.09. The molecule has 0 aliphatic heterocycles. The molecule has 1 amide bonds. The molecule has 0 atom stereocenters. The summed E-state index contributed by atoms with van der Waals surface area (Å²) in [5, 5.41) is 13.5. The van der Waals surface area contributed by atoms with Gasteiger partial charge in [-0.3, -0.25) is 9.48 Å². The van der Waals surface area contributed by atoms with E-state index in [1.54, 1.807) is 13.1 Å². The molecule has 0 saturated carbocycles. The summed E-state index contributed by atoms with van der Waals surface area (Å²) in [6, 6.07) is 14.5. The van der Waals surface area contributed by atoms with Crippen LogP contribution in [0.4, 0.5) is 5.69 Å². The molecule has 0 fully saturated rings. The van der Waals surface area contributed by atoms with E-state index in [0.29, 0.717) is 22.8 Å². The van der Waals surface area contributed by atoms with Gasteiger partial charge in [-0.15, -0.1) is 5.10 Å². The number of fused-ring (bicyclic) bond motifs is 1. The number of aromatic nitrogens is 4. The van der Waals surface area contributed by atoms with Gasteiger partial charge in [-0.1, -0.05) is 47.0 Å². The lowest BCUT2D eigenvalue weighted by atomic mass is 10.0. The van der Waals surface area contributed by atoms with Crippen LogP contribution in [0, 0.1) is 6.92 Å². The van der Waals surface area contributed by atoms with Crippen molar-refractivity contribution in [1.82, 2.24) is 19.4 Å². The van der Waals surface area contributed by atoms with Crippen molar-refractivity contribution in [3.8, 4) is 0 Å². The predicted molar refractivity (Wildman–Crippen MR) is 97.9 cm³/mol. The Labute approximate surface area is 148 Å². The fourth-order valence-corrected chi connectivity index (χ4v) is 3.30. The number of aryl methyl sites for hydroxylation is 1. The summed E-state index contributed by atoms with van der Waals surface area (Å²) in [6.45, 7) is 2.40. The molecule has 4 aromatic rings. The molecular weight excluding hydrogens is 334 g/mol. The number of nitrogens with zero attached hydrogens (tertiary/aromatic N) is 4. The quantitative estimate of drug-likeness (QED) is 0.612. The molecule has 4 rings (SSSR count). The minimum Gasteiger partial charge on any atom is -0.318 e. The van der Waals surface area contributed by atoms with Crippen molar-refractivity contribution in [3.63, 3.8) is 0 Å². The Kier molecular flexibility index (Phi) is 3.99. The summed E-state index contributed by atoms with van der Waals surface area (Å²) in [4.78, 5) is 12.7. The monoisotopic (exact) mass is 349 g/mol. The van der Waals surface area contributed by atoms with Crippen LogP contribution in [0.2, 0.25) is 0 Å². The maximum atomic E-state index is 12.2. The highest BCUT2D eigenvalue weighted by molar-refractivity contribution is 7.08. The molecule has 25 heavy (non-hydrogen) atoms. The maximum Gasteiger partial charge on any atom is 0.269 e. The van der Waals surface area contributed by atoms with Gasteiger partial charge in [0.25, 0.3) is 5.91 Å². The SMILES string of the molecule is Cc1nnsc1C(=O)Nc1cnn(Cc2cccc3ccccc23)c1. The van der Waals surface area contributed by atoms with E-state index in [9.17, 15) is 4.79 Å². The average molecular weight is 349 g/mol. The second-order valence-electron chi connectivity index (χ2n) is 5.71. The van der Waals surface area contributed by atoms with Crippen LogP contribution in [0.25, 0.3) is 10.8 Å². The first-order chi connectivity index (χ1) is 12.2. The topological polar surface area (TPSA) is 72.7 Å². The zero-order valence-corrected chi connectivity index (χ0v) is 14.3. The van der Waals surface area contributed by atoms with Gasteiger partial charge in [-0.05, 0) is 34.8 Å². The van der Waals surface area contributed by atoms with E-state index in [2.05, 4.69) is 44.3 Å². The second-order valence-corrected chi connectivity index (χ2v) is 6.46. The first-order valence-electron chi connectivity index (χ1n) is 7.80. The normalized spacial score (nSPS) is 10.9. The summed E-state index contributed by atoms with van der Waals surface area (Å²) in [5.74, 6) is -0.211. The van der Waals surface area contributed by atoms with Crippen molar-refractivity contribution in [1.29, 1.82) is 0 Å². The zero-order valence-electron chi connectivity index (χ0n) is 13.5. The standard InChI is InChI=1S/C18H15N5OS/c1-12-17(25-22-21-12)18(24)20-15-9-19-23(11-15)10-14-7-4-6-13-5-2-3-8-16(13)14/h2-9,11H,10H2,1H3,(H,20,24). The molecule has 2 heterocycles. The molecule has 2 aromatic carbocycles. The van der Waals surface area contributed by atoms with Crippen molar-refractivity contribution in [3.05, 3.63) is 71.0 Å². The van der Waals surface area contributed by atoms with Gasteiger partial charge in [0.05, 0.1) is 24.1 Å². The number of rotatable bonds is 4. The molecule has 0 aliphatic carbocycles. The zero-order chi connectivity index (χ0) is 17.2. The highest BCUT2D eigenvalue weighted by atomic mass is 32.1. The Hall–Kier alpha value is -3.06. The van der Waals surface area contributed by atoms with Gasteiger partial charge >= 0.3 is 0 Å². The minimum absolute atomic E-state index is 0.211. The summed E-state index contributed by atoms with van der Waals surface area (Å²) in [6.07, 6.45) is 3.47. The van der Waals surface area contributed by atoms with Crippen LogP contribution in [0.3, 0.4) is 0 Å². The lowest BCUT2D eigenvalue weighted by molar-refractivity contribution is 0.103. The first kappa shape index (κ1) is 15.5. The lowest BCUT2D eigenvalue weighted by Crippen LogP contribution is -2.11. The van der Waals surface area contributed by atoms with Crippen LogP contribution in [0.15, 0.2) is 54.9 Å². The van der Waals surface area contributed by atoms with Crippen LogP contribution in [0.5, 0.6) is 0 Å². The first-order valence-corrected chi connectivity index (χ1v) is 8.57. The third-order valence-corrected chi connectivity index (χ3v) is 4.79. The Bertz CT molecular complexity index is 1050. The number of carbonyl (C=O) groups excluding carboxylic acids is 1. The third-order valence-electron chi connectivity index (χ3n) is 3.96. The van der Waals surface area contributed by atoms with Crippen molar-refractivity contribution in [2.45, 2.75) is 13.5 Å². The molecule has 0 radical (unpaired) electrons. The third kappa shape index (κ3) is 3.14. The summed E-state index contributed by atoms with van der Waals surface area (Å²) in [5.41, 5.74) is 2.46. The van der Waals surface area contributed by atoms with Gasteiger partial charge in [-0.2, -0.15) is 5.10 Å². The van der Waals surface area contributed by atoms with Crippen molar-refractivity contribution >= 4 is 33.9 Å². The van der Waals surface area contributed by atoms with Gasteiger partial charge in [0.1, 0.15) is 4.88 Å². The van der Waals surface area contributed by atoms with E-state index in [1.165, 1.54) is 16.3 Å². The predicted octanol–water partition coefficient (Wildman–Crippen LogP) is 3.50. The Morgan fingerprint density at radius 3 is 2.88 bits per heavy atom. The number of benzene rings is 2. The van der Waals surface area contributed by atoms with Crippen LogP contribution in [-0.4, -0.2) is 25.3 Å². The number of hydrogen-bond acceptors (Lipinski definition) is 5. The minimum atomic E-state index is -0.211. The van der Waals surface area contributed by atoms with E-state index < -0.39 is 0 Å². The van der Waals surface area contributed by atoms with Crippen molar-refractivity contribution in [2.24, 2.45) is 0 Å². The smallest absolute Gasteiger partial charge is 0.269 e. The van der Waals surface area contributed by atoms with Gasteiger partial charge in [-0.25, -0.2) is 0 Å². The molecule has 0 aliphatic rings. The molecule has 0 unspecified atom stereocenters. The number of hydrogen-bond donors (Lipinski definition) is 1. The fourth-order valence-electron chi connectivity index (χ4n) is 2.75. The molecule has 0 bridgehead atoms. The van der Waals surface area contributed by atoms with Gasteiger partial charge in [0.15, 0.2) is 0 Å². The van der Waals surface area contributed by atoms with Crippen molar-refractivity contribution in [2.75, 3.05) is 5.32 Å². The van der Waals surface area contributed by atoms with E-state index >= 15 is 0 Å². The average Bonchev–Trinajstić information content (AvgIpc) is 3.24. The van der Waals surface area contributed by atoms with Gasteiger partial charge in [0, 0.05) is 6.20 Å². The van der Waals surface area contributed by atoms with E-state index in [4.69, 9.17) is 0 Å². The van der Waals surface area contributed by atoms with Crippen LogP contribution in [0.1, 0.15) is 20.9 Å². The van der Waals surface area contributed by atoms with Gasteiger partial charge < -0.3 is 5.32 Å². The molecule has 2 aromatic heterocycles. The van der Waals surface area contributed by atoms with Crippen molar-refractivity contribution < 1.29 is 4.79 Å². The van der Waals surface area contributed by atoms with E-state index in [0.717, 1.165) is 11.5 Å². The van der Waals surface area contributed by atoms with Crippen LogP contribution < -0.4 is 5.32 Å². The highest BCUT2D eigenvalue weighted by Crippen LogP contribution is 2.20. The number of carbonyl (C=O) groups is 1. The van der Waals surface area contributed by atoms with E-state index in [-0.39, 0.29) is 5.91 Å². The molecule has 124 valence electrons. The fraction of sp³-hybridized carbons (Fsp3) is 0.111. The molecule has 0 saturated heterocycles. The van der Waals surface area contributed by atoms with Gasteiger partial charge in [0.2, 0.25) is 0 Å². The Morgan fingerprint density at radius 2 is 2.04 bits per heavy atom. The summed E-state index contributed by atoms with van der Waals surface area (Å²) < 4.78 is 5.60. The number of nitrogens with one attached hydrogen (secondary N) is 1. The molecule has 0 spiro atoms. The summed E-state index contributed by atoms with van der Waals surface area (Å²) in [7, 11) is 0. The maximum absolute atomic E-state index is 12.2. The molecular formula is C18H15N5OS. The molecule has 7 heteroatoms. The van der Waals surface area contributed by atoms with Crippen LogP contribution >= 0.6 is 11.5 Å². The Balaban J connectivity index is 1.53. The highest BCUT2D eigenvalue weighted by Gasteiger charge is 2.14. The number of anilines is 1. The Morgan fingerprint density at radius 1 is 1.20 bits per heavy atom. The second kappa shape index (κ2) is 6.45. The van der Waals surface area contributed by atoms with Crippen LogP contribution in [-0.2, 0) is 6.54 Å².